The van der Waals surface area contributed by atoms with E-state index in [1.54, 1.807) is 11.8 Å². The number of thioether (sulfide) groups is 1. The topological polar surface area (TPSA) is 54.0 Å². The number of urea groups is 1. The molecular weight excluding hydrogens is 362 g/mol. The molecule has 0 radical (unpaired) electrons. The van der Waals surface area contributed by atoms with Crippen molar-refractivity contribution >= 4 is 55.3 Å². The lowest BCUT2D eigenvalue weighted by Gasteiger charge is -2.08. The maximum Gasteiger partial charge on any atom is 0.321 e. The van der Waals surface area contributed by atoms with Crippen molar-refractivity contribution in [2.75, 3.05) is 11.6 Å². The van der Waals surface area contributed by atoms with E-state index in [4.69, 9.17) is 0 Å². The van der Waals surface area contributed by atoms with Crippen molar-refractivity contribution in [1.29, 1.82) is 0 Å². The molecule has 130 valence electrons. The molecule has 0 aliphatic carbocycles. The minimum atomic E-state index is -0.248. The fraction of sp³-hybridized carbons (Fsp3) is 0.100. The number of carbonyl (C=O) groups excluding carboxylic acids is 1. The monoisotopic (exact) mass is 379 g/mol. The molecule has 6 heteroatoms. The number of thiazole rings is 1. The van der Waals surface area contributed by atoms with Crippen molar-refractivity contribution in [2.45, 2.75) is 11.4 Å². The van der Waals surface area contributed by atoms with Gasteiger partial charge in [-0.15, -0.1) is 11.8 Å². The Morgan fingerprint density at radius 2 is 1.88 bits per heavy atom. The zero-order valence-corrected chi connectivity index (χ0v) is 15.8. The number of hydrogen-bond acceptors (Lipinski definition) is 4. The van der Waals surface area contributed by atoms with E-state index in [2.05, 4.69) is 33.8 Å². The van der Waals surface area contributed by atoms with Crippen LogP contribution in [0, 0.1) is 0 Å². The van der Waals surface area contributed by atoms with Crippen molar-refractivity contribution in [3.05, 3.63) is 66.2 Å². The third-order valence-corrected chi connectivity index (χ3v) is 5.85. The minimum Gasteiger partial charge on any atom is -0.334 e. The Hall–Kier alpha value is -2.57. The summed E-state index contributed by atoms with van der Waals surface area (Å²) in [6, 6.07) is 20.1. The Bertz CT molecular complexity index is 1090. The molecule has 2 N–H and O–H groups in total. The first-order chi connectivity index (χ1) is 12.7. The number of carbonyl (C=O) groups is 1. The van der Waals surface area contributed by atoms with Gasteiger partial charge in [-0.3, -0.25) is 5.32 Å². The van der Waals surface area contributed by atoms with Gasteiger partial charge in [-0.25, -0.2) is 9.78 Å². The molecule has 0 atom stereocenters. The number of aromatic nitrogens is 1. The van der Waals surface area contributed by atoms with E-state index >= 15 is 0 Å². The van der Waals surface area contributed by atoms with Crippen molar-refractivity contribution in [2.24, 2.45) is 0 Å². The molecule has 2 amide bonds. The van der Waals surface area contributed by atoms with Gasteiger partial charge in [0.1, 0.15) is 0 Å². The summed E-state index contributed by atoms with van der Waals surface area (Å²) < 4.78 is 1.07. The lowest BCUT2D eigenvalue weighted by atomic mass is 10.0. The first-order valence-electron chi connectivity index (χ1n) is 8.19. The molecule has 4 nitrogen and oxygen atoms in total. The van der Waals surface area contributed by atoms with Gasteiger partial charge in [-0.1, -0.05) is 59.9 Å². The Labute approximate surface area is 159 Å². The van der Waals surface area contributed by atoms with Gasteiger partial charge >= 0.3 is 6.03 Å². The molecule has 0 unspecified atom stereocenters. The number of anilines is 1. The predicted octanol–water partition coefficient (Wildman–Crippen LogP) is 5.49. The SMILES string of the molecule is CSc1cccc2sc(NC(=O)NCc3cccc4ccccc34)nc12. The normalized spacial score (nSPS) is 11.0. The van der Waals surface area contributed by atoms with E-state index in [1.807, 2.05) is 48.7 Å². The molecule has 0 aliphatic heterocycles. The van der Waals surface area contributed by atoms with Crippen LogP contribution >= 0.6 is 23.1 Å². The molecule has 4 rings (SSSR count). The van der Waals surface area contributed by atoms with Crippen LogP contribution in [0.3, 0.4) is 0 Å². The van der Waals surface area contributed by atoms with Crippen molar-refractivity contribution < 1.29 is 4.79 Å². The lowest BCUT2D eigenvalue weighted by Crippen LogP contribution is -2.28. The second-order valence-electron chi connectivity index (χ2n) is 5.77. The largest absolute Gasteiger partial charge is 0.334 e. The number of nitrogens with one attached hydrogen (secondary N) is 2. The summed E-state index contributed by atoms with van der Waals surface area (Å²) in [5.74, 6) is 0. The van der Waals surface area contributed by atoms with Gasteiger partial charge in [0.05, 0.1) is 10.2 Å². The maximum atomic E-state index is 12.3. The van der Waals surface area contributed by atoms with Crippen molar-refractivity contribution in [3.8, 4) is 0 Å². The standard InChI is InChI=1S/C20H17N3OS2/c1-25-16-10-5-11-17-18(16)22-20(26-17)23-19(24)21-12-14-8-4-7-13-6-2-3-9-15(13)14/h2-11H,12H2,1H3,(H2,21,22,23,24). The van der Waals surface area contributed by atoms with Crippen LogP contribution in [0.4, 0.5) is 9.93 Å². The lowest BCUT2D eigenvalue weighted by molar-refractivity contribution is 0.252. The summed E-state index contributed by atoms with van der Waals surface area (Å²) in [5.41, 5.74) is 2.03. The van der Waals surface area contributed by atoms with E-state index in [1.165, 1.54) is 16.7 Å². The Balaban J connectivity index is 1.47. The van der Waals surface area contributed by atoms with Crippen LogP contribution in [-0.2, 0) is 6.54 Å². The predicted molar refractivity (Wildman–Crippen MR) is 111 cm³/mol. The third kappa shape index (κ3) is 3.38. The zero-order valence-electron chi connectivity index (χ0n) is 14.2. The van der Waals surface area contributed by atoms with Crippen LogP contribution in [0.25, 0.3) is 21.0 Å². The number of nitrogens with zero attached hydrogens (tertiary/aromatic N) is 1. The van der Waals surface area contributed by atoms with E-state index < -0.39 is 0 Å². The molecule has 26 heavy (non-hydrogen) atoms. The molecule has 0 saturated carbocycles. The molecule has 4 aromatic rings. The van der Waals surface area contributed by atoms with Gasteiger partial charge < -0.3 is 5.32 Å². The second kappa shape index (κ2) is 7.35. The second-order valence-corrected chi connectivity index (χ2v) is 7.65. The van der Waals surface area contributed by atoms with E-state index in [-0.39, 0.29) is 6.03 Å². The van der Waals surface area contributed by atoms with Crippen molar-refractivity contribution in [1.82, 2.24) is 10.3 Å². The van der Waals surface area contributed by atoms with Crippen molar-refractivity contribution in [3.63, 3.8) is 0 Å². The molecule has 0 saturated heterocycles. The summed E-state index contributed by atoms with van der Waals surface area (Å²) in [6.45, 7) is 0.466. The minimum absolute atomic E-state index is 0.248. The highest BCUT2D eigenvalue weighted by Gasteiger charge is 2.10. The summed E-state index contributed by atoms with van der Waals surface area (Å²) in [4.78, 5) is 18.0. The zero-order chi connectivity index (χ0) is 17.9. The number of para-hydroxylation sites is 1. The molecule has 0 aliphatic rings. The summed E-state index contributed by atoms with van der Waals surface area (Å²) in [7, 11) is 0. The third-order valence-electron chi connectivity index (χ3n) is 4.14. The van der Waals surface area contributed by atoms with Gasteiger partial charge in [-0.2, -0.15) is 0 Å². The number of fused-ring (bicyclic) bond motifs is 2. The number of rotatable bonds is 4. The highest BCUT2D eigenvalue weighted by Crippen LogP contribution is 2.32. The Kier molecular flexibility index (Phi) is 4.77. The van der Waals surface area contributed by atoms with Crippen LogP contribution in [0.1, 0.15) is 5.56 Å². The van der Waals surface area contributed by atoms with Gasteiger partial charge in [0.25, 0.3) is 0 Å². The summed E-state index contributed by atoms with van der Waals surface area (Å²) in [6.07, 6.45) is 2.03. The van der Waals surface area contributed by atoms with Gasteiger partial charge in [0, 0.05) is 11.4 Å². The number of benzene rings is 3. The summed E-state index contributed by atoms with van der Waals surface area (Å²) in [5, 5.41) is 8.70. The fourth-order valence-corrected chi connectivity index (χ4v) is 4.42. The number of amides is 2. The van der Waals surface area contributed by atoms with Crippen LogP contribution in [0.15, 0.2) is 65.6 Å². The molecular formula is C20H17N3OS2. The van der Waals surface area contributed by atoms with Gasteiger partial charge in [-0.05, 0) is 34.7 Å². The van der Waals surface area contributed by atoms with Crippen LogP contribution < -0.4 is 10.6 Å². The molecule has 1 heterocycles. The molecule has 0 fully saturated rings. The molecule has 3 aromatic carbocycles. The van der Waals surface area contributed by atoms with E-state index in [0.717, 1.165) is 26.1 Å². The van der Waals surface area contributed by atoms with Crippen LogP contribution in [-0.4, -0.2) is 17.3 Å². The quantitative estimate of drug-likeness (QED) is 0.461. The smallest absolute Gasteiger partial charge is 0.321 e. The highest BCUT2D eigenvalue weighted by atomic mass is 32.2. The molecule has 0 spiro atoms. The van der Waals surface area contributed by atoms with Gasteiger partial charge in [0.15, 0.2) is 5.13 Å². The van der Waals surface area contributed by atoms with E-state index in [0.29, 0.717) is 11.7 Å². The maximum absolute atomic E-state index is 12.3. The average molecular weight is 380 g/mol. The van der Waals surface area contributed by atoms with Gasteiger partial charge in [0.2, 0.25) is 0 Å². The first kappa shape index (κ1) is 16.9. The highest BCUT2D eigenvalue weighted by molar-refractivity contribution is 7.98. The van der Waals surface area contributed by atoms with E-state index in [9.17, 15) is 4.79 Å². The fourth-order valence-electron chi connectivity index (χ4n) is 2.90. The summed E-state index contributed by atoms with van der Waals surface area (Å²) >= 11 is 3.14. The Morgan fingerprint density at radius 1 is 1.08 bits per heavy atom. The van der Waals surface area contributed by atoms with Crippen LogP contribution in [0.5, 0.6) is 0 Å². The molecule has 1 aromatic heterocycles. The average Bonchev–Trinajstić information content (AvgIpc) is 3.08. The molecule has 0 bridgehead atoms. The number of hydrogen-bond donors (Lipinski definition) is 2. The first-order valence-corrected chi connectivity index (χ1v) is 10.2. The Morgan fingerprint density at radius 3 is 2.77 bits per heavy atom. The van der Waals surface area contributed by atoms with Crippen LogP contribution in [0.2, 0.25) is 0 Å².